The fourth-order valence-electron chi connectivity index (χ4n) is 1.27. The third-order valence-electron chi connectivity index (χ3n) is 2.12. The van der Waals surface area contributed by atoms with E-state index >= 15 is 0 Å². The van der Waals surface area contributed by atoms with Gasteiger partial charge in [-0.2, -0.15) is 5.26 Å². The summed E-state index contributed by atoms with van der Waals surface area (Å²) in [4.78, 5) is 10.9. The highest BCUT2D eigenvalue weighted by molar-refractivity contribution is 5.81. The maximum absolute atomic E-state index is 10.9. The monoisotopic (exact) mass is 137 g/mol. The number of Topliss-reactive ketones (excluding diaryl/α,β-unsaturated/α-hetero) is 1. The first-order chi connectivity index (χ1) is 4.77. The molecule has 0 heterocycles. The number of rotatable bonds is 2. The average Bonchev–Trinajstić information content (AvgIpc) is 1.85. The fourth-order valence-corrected chi connectivity index (χ4v) is 1.27. The van der Waals surface area contributed by atoms with E-state index in [0.29, 0.717) is 12.2 Å². The largest absolute Gasteiger partial charge is 0.299 e. The van der Waals surface area contributed by atoms with E-state index in [4.69, 9.17) is 5.26 Å². The maximum Gasteiger partial charge on any atom is 0.135 e. The first-order valence-corrected chi connectivity index (χ1v) is 3.70. The number of hydrogen-bond acceptors (Lipinski definition) is 2. The van der Waals surface area contributed by atoms with Crippen molar-refractivity contribution in [1.82, 2.24) is 0 Å². The first-order valence-electron chi connectivity index (χ1n) is 3.70. The lowest BCUT2D eigenvalue weighted by Crippen LogP contribution is -2.28. The van der Waals surface area contributed by atoms with E-state index in [1.807, 2.05) is 6.92 Å². The molecule has 0 unspecified atom stereocenters. The molecule has 0 atom stereocenters. The zero-order valence-electron chi connectivity index (χ0n) is 6.13. The molecule has 1 fully saturated rings. The van der Waals surface area contributed by atoms with Crippen molar-refractivity contribution in [2.45, 2.75) is 26.2 Å². The maximum atomic E-state index is 10.9. The number of carbonyl (C=O) groups is 1. The van der Waals surface area contributed by atoms with Crippen LogP contribution in [-0.2, 0) is 4.79 Å². The minimum absolute atomic E-state index is 0.167. The quantitative estimate of drug-likeness (QED) is 0.579. The highest BCUT2D eigenvalue weighted by Gasteiger charge is 2.32. The molecule has 1 aliphatic rings. The van der Waals surface area contributed by atoms with Crippen molar-refractivity contribution in [3.05, 3.63) is 0 Å². The van der Waals surface area contributed by atoms with Crippen LogP contribution >= 0.6 is 0 Å². The molecule has 0 aromatic carbocycles. The Morgan fingerprint density at radius 1 is 1.70 bits per heavy atom. The van der Waals surface area contributed by atoms with Gasteiger partial charge in [0, 0.05) is 18.3 Å². The van der Waals surface area contributed by atoms with Crippen LogP contribution in [0.1, 0.15) is 26.2 Å². The van der Waals surface area contributed by atoms with Gasteiger partial charge in [0.25, 0.3) is 0 Å². The van der Waals surface area contributed by atoms with Gasteiger partial charge in [-0.3, -0.25) is 4.79 Å². The lowest BCUT2D eigenvalue weighted by Gasteiger charge is -2.28. The topological polar surface area (TPSA) is 40.9 Å². The molecule has 1 saturated carbocycles. The van der Waals surface area contributed by atoms with E-state index in [1.54, 1.807) is 0 Å². The number of nitriles is 1. The Hall–Kier alpha value is -0.840. The molecular weight excluding hydrogens is 126 g/mol. The average molecular weight is 137 g/mol. The molecule has 1 rings (SSSR count). The lowest BCUT2D eigenvalue weighted by atomic mass is 9.73. The van der Waals surface area contributed by atoms with Gasteiger partial charge in [-0.05, 0) is 12.8 Å². The summed E-state index contributed by atoms with van der Waals surface area (Å²) in [7, 11) is 0. The molecule has 2 heteroatoms. The van der Waals surface area contributed by atoms with Gasteiger partial charge in [0.05, 0.1) is 6.07 Å². The van der Waals surface area contributed by atoms with Gasteiger partial charge in [-0.25, -0.2) is 0 Å². The normalized spacial score (nSPS) is 30.4. The van der Waals surface area contributed by atoms with Gasteiger partial charge in [0.15, 0.2) is 0 Å². The molecule has 0 aromatic heterocycles. The van der Waals surface area contributed by atoms with Gasteiger partial charge in [-0.15, -0.1) is 0 Å². The van der Waals surface area contributed by atoms with Gasteiger partial charge in [-0.1, -0.05) is 6.92 Å². The molecule has 10 heavy (non-hydrogen) atoms. The Bertz CT molecular complexity index is 174. The van der Waals surface area contributed by atoms with Crippen molar-refractivity contribution in [2.24, 2.45) is 11.8 Å². The predicted octanol–water partition coefficient (Wildman–Crippen LogP) is 1.52. The predicted molar refractivity (Wildman–Crippen MR) is 37.1 cm³/mol. The summed E-state index contributed by atoms with van der Waals surface area (Å²) >= 11 is 0. The Labute approximate surface area is 60.8 Å². The van der Waals surface area contributed by atoms with E-state index in [9.17, 15) is 4.79 Å². The molecule has 0 aromatic rings. The fraction of sp³-hybridized carbons (Fsp3) is 0.750. The molecule has 0 radical (unpaired) electrons. The second-order valence-corrected chi connectivity index (χ2v) is 2.81. The van der Waals surface area contributed by atoms with Gasteiger partial charge >= 0.3 is 0 Å². The van der Waals surface area contributed by atoms with Crippen LogP contribution in [0.4, 0.5) is 0 Å². The second kappa shape index (κ2) is 2.83. The van der Waals surface area contributed by atoms with Crippen molar-refractivity contribution < 1.29 is 4.79 Å². The zero-order valence-corrected chi connectivity index (χ0v) is 6.13. The molecule has 0 spiro atoms. The van der Waals surface area contributed by atoms with Gasteiger partial charge < -0.3 is 0 Å². The summed E-state index contributed by atoms with van der Waals surface area (Å²) in [6.45, 7) is 1.88. The van der Waals surface area contributed by atoms with Crippen LogP contribution in [0, 0.1) is 23.2 Å². The van der Waals surface area contributed by atoms with E-state index < -0.39 is 0 Å². The summed E-state index contributed by atoms with van der Waals surface area (Å²) in [6.07, 6.45) is 2.25. The van der Waals surface area contributed by atoms with Crippen LogP contribution in [0.15, 0.2) is 0 Å². The Kier molecular flexibility index (Phi) is 2.06. The summed E-state index contributed by atoms with van der Waals surface area (Å²) in [5.41, 5.74) is 0. The van der Waals surface area contributed by atoms with Crippen molar-refractivity contribution in [1.29, 1.82) is 5.26 Å². The van der Waals surface area contributed by atoms with Crippen LogP contribution in [0.5, 0.6) is 0 Å². The lowest BCUT2D eigenvalue weighted by molar-refractivity contribution is -0.125. The number of carbonyl (C=O) groups excluding carboxylic acids is 1. The third-order valence-corrected chi connectivity index (χ3v) is 2.12. The molecule has 0 amide bonds. The van der Waals surface area contributed by atoms with Gasteiger partial charge in [0.1, 0.15) is 5.78 Å². The van der Waals surface area contributed by atoms with Crippen molar-refractivity contribution in [2.75, 3.05) is 0 Å². The summed E-state index contributed by atoms with van der Waals surface area (Å²) in [6, 6.07) is 2.16. The Morgan fingerprint density at radius 3 is 2.70 bits per heavy atom. The van der Waals surface area contributed by atoms with E-state index in [1.165, 1.54) is 0 Å². The second-order valence-electron chi connectivity index (χ2n) is 2.81. The third kappa shape index (κ3) is 1.18. The van der Waals surface area contributed by atoms with E-state index in [2.05, 4.69) is 6.07 Å². The Balaban J connectivity index is 2.27. The molecule has 0 saturated heterocycles. The molecule has 0 aliphatic heterocycles. The van der Waals surface area contributed by atoms with Crippen molar-refractivity contribution in [3.8, 4) is 6.07 Å². The highest BCUT2D eigenvalue weighted by atomic mass is 16.1. The number of hydrogen-bond donors (Lipinski definition) is 0. The van der Waals surface area contributed by atoms with Crippen LogP contribution in [0.25, 0.3) is 0 Å². The minimum atomic E-state index is 0.167. The molecule has 1 aliphatic carbocycles. The molecule has 0 N–H and O–H groups in total. The highest BCUT2D eigenvalue weighted by Crippen LogP contribution is 2.34. The minimum Gasteiger partial charge on any atom is -0.299 e. The molecule has 0 bridgehead atoms. The zero-order chi connectivity index (χ0) is 7.56. The van der Waals surface area contributed by atoms with Crippen molar-refractivity contribution in [3.63, 3.8) is 0 Å². The van der Waals surface area contributed by atoms with E-state index in [0.717, 1.165) is 12.8 Å². The van der Waals surface area contributed by atoms with Crippen LogP contribution in [-0.4, -0.2) is 5.78 Å². The summed E-state index contributed by atoms with van der Waals surface area (Å²) in [5, 5.41) is 8.40. The SMILES string of the molecule is CCC(=O)C1CC(C#N)C1. The summed E-state index contributed by atoms with van der Waals surface area (Å²) in [5.74, 6) is 0.710. The van der Waals surface area contributed by atoms with Crippen molar-refractivity contribution >= 4 is 5.78 Å². The van der Waals surface area contributed by atoms with E-state index in [-0.39, 0.29) is 11.8 Å². The standard InChI is InChI=1S/C8H11NO/c1-2-8(10)7-3-6(4-7)5-9/h6-7H,2-4H2,1H3. The van der Waals surface area contributed by atoms with Crippen LogP contribution in [0.2, 0.25) is 0 Å². The number of nitrogens with zero attached hydrogens (tertiary/aromatic N) is 1. The smallest absolute Gasteiger partial charge is 0.135 e. The molecule has 2 nitrogen and oxygen atoms in total. The van der Waals surface area contributed by atoms with Crippen LogP contribution < -0.4 is 0 Å². The van der Waals surface area contributed by atoms with Gasteiger partial charge in [0.2, 0.25) is 0 Å². The van der Waals surface area contributed by atoms with Crippen LogP contribution in [0.3, 0.4) is 0 Å². The first kappa shape index (κ1) is 7.27. The summed E-state index contributed by atoms with van der Waals surface area (Å²) < 4.78 is 0. The Morgan fingerprint density at radius 2 is 2.30 bits per heavy atom. The molecule has 54 valence electrons. The molecular formula is C8H11NO. The number of ketones is 1.